The van der Waals surface area contributed by atoms with Gasteiger partial charge < -0.3 is 19.6 Å². The van der Waals surface area contributed by atoms with Crippen molar-refractivity contribution in [2.24, 2.45) is 11.8 Å². The van der Waals surface area contributed by atoms with Crippen molar-refractivity contribution in [3.05, 3.63) is 30.0 Å². The highest BCUT2D eigenvalue weighted by atomic mass is 16.5. The van der Waals surface area contributed by atoms with E-state index in [9.17, 15) is 9.59 Å². The second-order valence-corrected chi connectivity index (χ2v) is 9.95. The van der Waals surface area contributed by atoms with E-state index in [1.807, 2.05) is 6.08 Å². The summed E-state index contributed by atoms with van der Waals surface area (Å²) in [5, 5.41) is 11.8. The van der Waals surface area contributed by atoms with Crippen LogP contribution < -0.4 is 5.32 Å². The van der Waals surface area contributed by atoms with Crippen LogP contribution in [0.4, 0.5) is 0 Å². The van der Waals surface area contributed by atoms with Gasteiger partial charge in [0.15, 0.2) is 5.69 Å². The lowest BCUT2D eigenvalue weighted by Gasteiger charge is -2.24. The lowest BCUT2D eigenvalue weighted by atomic mass is 9.77. The number of carboxylic acids is 1. The molecule has 3 fully saturated rings. The number of nitrogens with one attached hydrogen (secondary N) is 1. The fraction of sp³-hybridized carbons (Fsp3) is 0.731. The Kier molecular flexibility index (Phi) is 8.59. The Bertz CT molecular complexity index is 813. The van der Waals surface area contributed by atoms with Gasteiger partial charge in [-0.25, -0.2) is 4.98 Å². The molecule has 1 aliphatic carbocycles. The molecule has 0 spiro atoms. The number of hydrogen-bond donors (Lipinski definition) is 2. The first-order valence-corrected chi connectivity index (χ1v) is 12.9. The van der Waals surface area contributed by atoms with Gasteiger partial charge in [0.1, 0.15) is 6.26 Å². The van der Waals surface area contributed by atoms with Crippen LogP contribution in [0.2, 0.25) is 0 Å². The molecule has 0 aromatic carbocycles. The second-order valence-electron chi connectivity index (χ2n) is 9.95. The molecule has 2 N–H and O–H groups in total. The summed E-state index contributed by atoms with van der Waals surface area (Å²) in [6.07, 6.45) is 19.6. The number of nitrogens with zero attached hydrogens (tertiary/aromatic N) is 1. The van der Waals surface area contributed by atoms with Crippen molar-refractivity contribution in [2.45, 2.75) is 102 Å². The van der Waals surface area contributed by atoms with E-state index < -0.39 is 5.97 Å². The van der Waals surface area contributed by atoms with Crippen molar-refractivity contribution in [3.8, 4) is 0 Å². The fourth-order valence-electron chi connectivity index (χ4n) is 5.87. The van der Waals surface area contributed by atoms with Crippen LogP contribution in [0.25, 0.3) is 0 Å². The highest BCUT2D eigenvalue weighted by molar-refractivity contribution is 5.91. The van der Waals surface area contributed by atoms with Crippen molar-refractivity contribution < 1.29 is 23.8 Å². The van der Waals surface area contributed by atoms with E-state index in [2.05, 4.69) is 16.4 Å². The maximum absolute atomic E-state index is 12.6. The van der Waals surface area contributed by atoms with Crippen LogP contribution in [-0.2, 0) is 9.53 Å². The molecule has 3 aliphatic rings. The van der Waals surface area contributed by atoms with Gasteiger partial charge >= 0.3 is 5.97 Å². The van der Waals surface area contributed by atoms with Crippen LogP contribution in [0.3, 0.4) is 0 Å². The number of oxazole rings is 1. The molecule has 2 bridgehead atoms. The van der Waals surface area contributed by atoms with E-state index in [-0.39, 0.29) is 36.4 Å². The number of hydrogen-bond acceptors (Lipinski definition) is 5. The SMILES string of the molecule is O=C(O)CCC=CC[C@H]1[C@@H](c2nc(C(=O)NCCCCC3CCCCC3)co2)[C@@H]2CC[C@H]1O2. The van der Waals surface area contributed by atoms with Crippen molar-refractivity contribution in [2.75, 3.05) is 6.54 Å². The Morgan fingerprint density at radius 2 is 1.91 bits per heavy atom. The first-order chi connectivity index (χ1) is 16.1. The molecule has 7 heteroatoms. The van der Waals surface area contributed by atoms with E-state index in [1.54, 1.807) is 0 Å². The summed E-state index contributed by atoms with van der Waals surface area (Å²) < 4.78 is 11.9. The van der Waals surface area contributed by atoms with Crippen molar-refractivity contribution >= 4 is 11.9 Å². The van der Waals surface area contributed by atoms with Gasteiger partial charge in [-0.2, -0.15) is 0 Å². The summed E-state index contributed by atoms with van der Waals surface area (Å²) in [4.78, 5) is 27.8. The van der Waals surface area contributed by atoms with Crippen LogP contribution in [0.1, 0.15) is 106 Å². The summed E-state index contributed by atoms with van der Waals surface area (Å²) in [6.45, 7) is 0.675. The largest absolute Gasteiger partial charge is 0.481 e. The molecular formula is C26H38N2O5. The lowest BCUT2D eigenvalue weighted by Crippen LogP contribution is -2.27. The number of unbranched alkanes of at least 4 members (excludes halogenated alkanes) is 1. The predicted octanol–water partition coefficient (Wildman–Crippen LogP) is 5.23. The number of carbonyl (C=O) groups excluding carboxylic acids is 1. The van der Waals surface area contributed by atoms with Gasteiger partial charge in [-0.3, -0.25) is 9.59 Å². The molecule has 7 nitrogen and oxygen atoms in total. The Balaban J connectivity index is 1.23. The maximum Gasteiger partial charge on any atom is 0.303 e. The monoisotopic (exact) mass is 458 g/mol. The van der Waals surface area contributed by atoms with Gasteiger partial charge in [0.05, 0.1) is 18.1 Å². The number of amides is 1. The summed E-state index contributed by atoms with van der Waals surface area (Å²) in [5.74, 6) is 0.821. The topological polar surface area (TPSA) is 102 Å². The lowest BCUT2D eigenvalue weighted by molar-refractivity contribution is -0.136. The smallest absolute Gasteiger partial charge is 0.303 e. The number of fused-ring (bicyclic) bond motifs is 2. The molecular weight excluding hydrogens is 420 g/mol. The molecule has 4 rings (SSSR count). The van der Waals surface area contributed by atoms with E-state index in [0.29, 0.717) is 24.6 Å². The van der Waals surface area contributed by atoms with Crippen molar-refractivity contribution in [1.29, 1.82) is 0 Å². The summed E-state index contributed by atoms with van der Waals surface area (Å²) in [7, 11) is 0. The number of ether oxygens (including phenoxy) is 1. The average Bonchev–Trinajstić information content (AvgIpc) is 3.55. The molecule has 33 heavy (non-hydrogen) atoms. The fourth-order valence-corrected chi connectivity index (χ4v) is 5.87. The highest BCUT2D eigenvalue weighted by Crippen LogP contribution is 2.50. The number of carbonyl (C=O) groups is 2. The molecule has 1 aromatic rings. The molecule has 2 saturated heterocycles. The van der Waals surface area contributed by atoms with Gasteiger partial charge in [0, 0.05) is 18.9 Å². The normalized spacial score (nSPS) is 27.4. The number of rotatable bonds is 12. The molecule has 2 aliphatic heterocycles. The minimum absolute atomic E-state index is 0.0462. The maximum atomic E-state index is 12.6. The Morgan fingerprint density at radius 3 is 2.73 bits per heavy atom. The van der Waals surface area contributed by atoms with Crippen LogP contribution >= 0.6 is 0 Å². The van der Waals surface area contributed by atoms with E-state index in [1.165, 1.54) is 51.2 Å². The first kappa shape index (κ1) is 24.0. The number of aliphatic carboxylic acids is 1. The van der Waals surface area contributed by atoms with Gasteiger partial charge in [-0.1, -0.05) is 57.1 Å². The van der Waals surface area contributed by atoms with Crippen LogP contribution in [-0.4, -0.2) is 40.7 Å². The van der Waals surface area contributed by atoms with Gasteiger partial charge in [-0.15, -0.1) is 0 Å². The summed E-state index contributed by atoms with van der Waals surface area (Å²) >= 11 is 0. The summed E-state index contributed by atoms with van der Waals surface area (Å²) in [5.41, 5.74) is 0.343. The molecule has 0 unspecified atom stereocenters. The molecule has 1 aromatic heterocycles. The second kappa shape index (κ2) is 11.8. The number of carboxylic acid groups (broad SMARTS) is 1. The van der Waals surface area contributed by atoms with Crippen molar-refractivity contribution in [3.63, 3.8) is 0 Å². The quantitative estimate of drug-likeness (QED) is 0.329. The van der Waals surface area contributed by atoms with E-state index in [4.69, 9.17) is 14.3 Å². The zero-order chi connectivity index (χ0) is 23.0. The molecule has 3 heterocycles. The van der Waals surface area contributed by atoms with Crippen LogP contribution in [0.15, 0.2) is 22.8 Å². The Morgan fingerprint density at radius 1 is 1.09 bits per heavy atom. The van der Waals surface area contributed by atoms with Crippen molar-refractivity contribution in [1.82, 2.24) is 10.3 Å². The first-order valence-electron chi connectivity index (χ1n) is 12.9. The van der Waals surface area contributed by atoms with Gasteiger partial charge in [-0.05, 0) is 38.0 Å². The molecule has 4 atom stereocenters. The van der Waals surface area contributed by atoms with E-state index >= 15 is 0 Å². The Labute approximate surface area is 196 Å². The third-order valence-corrected chi connectivity index (χ3v) is 7.61. The number of aromatic nitrogens is 1. The van der Waals surface area contributed by atoms with Crippen LogP contribution in [0.5, 0.6) is 0 Å². The average molecular weight is 459 g/mol. The summed E-state index contributed by atoms with van der Waals surface area (Å²) in [6, 6.07) is 0. The Hall–Kier alpha value is -2.15. The minimum atomic E-state index is -0.782. The van der Waals surface area contributed by atoms with Gasteiger partial charge in [0.2, 0.25) is 5.89 Å². The minimum Gasteiger partial charge on any atom is -0.481 e. The van der Waals surface area contributed by atoms with Crippen LogP contribution in [0, 0.1) is 11.8 Å². The zero-order valence-corrected chi connectivity index (χ0v) is 19.5. The molecule has 0 radical (unpaired) electrons. The number of allylic oxidation sites excluding steroid dienone is 2. The van der Waals surface area contributed by atoms with Gasteiger partial charge in [0.25, 0.3) is 5.91 Å². The molecule has 182 valence electrons. The molecule has 1 amide bonds. The highest BCUT2D eigenvalue weighted by Gasteiger charge is 2.51. The zero-order valence-electron chi connectivity index (χ0n) is 19.5. The third kappa shape index (κ3) is 6.46. The predicted molar refractivity (Wildman–Crippen MR) is 124 cm³/mol. The standard InChI is InChI=1S/C26H38N2O5/c29-23(30)13-6-2-5-12-19-21-14-15-22(33-21)24(19)26-28-20(17-32-26)25(31)27-16-8-7-11-18-9-3-1-4-10-18/h2,5,17-19,21-22,24H,1,3-4,6-16H2,(H,27,31)(H,29,30)/t19-,21-,22+,24-/m1/s1. The third-order valence-electron chi connectivity index (χ3n) is 7.61. The molecule has 1 saturated carbocycles. The van der Waals surface area contributed by atoms with E-state index in [0.717, 1.165) is 31.6 Å².